The predicted molar refractivity (Wildman–Crippen MR) is 76.9 cm³/mol. The van der Waals surface area contributed by atoms with E-state index in [2.05, 4.69) is 22.0 Å². The number of hydrogen-bond donors (Lipinski definition) is 1. The zero-order chi connectivity index (χ0) is 15.7. The summed E-state index contributed by atoms with van der Waals surface area (Å²) in [6.45, 7) is 5.52. The van der Waals surface area contributed by atoms with Crippen LogP contribution in [0.5, 0.6) is 0 Å². The zero-order valence-electron chi connectivity index (χ0n) is 12.8. The van der Waals surface area contributed by atoms with Gasteiger partial charge in [-0.05, 0) is 12.8 Å². The van der Waals surface area contributed by atoms with Crippen LogP contribution in [-0.2, 0) is 11.3 Å². The fourth-order valence-electron chi connectivity index (χ4n) is 1.75. The van der Waals surface area contributed by atoms with Crippen LogP contribution in [0.4, 0.5) is 4.79 Å². The number of nitrogens with one attached hydrogen (secondary N) is 1. The molecular weight excluding hydrogens is 274 g/mol. The van der Waals surface area contributed by atoms with Crippen LogP contribution >= 0.6 is 0 Å². The molecule has 1 aromatic rings. The van der Waals surface area contributed by atoms with Crippen LogP contribution < -0.4 is 5.32 Å². The molecule has 1 rings (SSSR count). The second-order valence-corrected chi connectivity index (χ2v) is 4.63. The van der Waals surface area contributed by atoms with Crippen molar-refractivity contribution in [1.29, 1.82) is 0 Å². The maximum absolute atomic E-state index is 12.1. The average molecular weight is 297 g/mol. The van der Waals surface area contributed by atoms with Gasteiger partial charge in [0.25, 0.3) is 0 Å². The highest BCUT2D eigenvalue weighted by atomic mass is 16.5. The molecule has 21 heavy (non-hydrogen) atoms. The summed E-state index contributed by atoms with van der Waals surface area (Å²) >= 11 is 0. The van der Waals surface area contributed by atoms with Crippen molar-refractivity contribution in [1.82, 2.24) is 15.2 Å². The summed E-state index contributed by atoms with van der Waals surface area (Å²) in [6.07, 6.45) is 4.03. The Morgan fingerprint density at radius 1 is 1.38 bits per heavy atom. The Bertz CT molecular complexity index is 459. The molecule has 0 aromatic carbocycles. The lowest BCUT2D eigenvalue weighted by molar-refractivity contribution is 0.0594. The van der Waals surface area contributed by atoms with Crippen LogP contribution in [0.1, 0.15) is 49.5 Å². The molecule has 2 amide bonds. The molecule has 0 radical (unpaired) electrons. The van der Waals surface area contributed by atoms with E-state index in [0.717, 1.165) is 19.3 Å². The van der Waals surface area contributed by atoms with E-state index in [1.54, 1.807) is 4.90 Å². The molecule has 0 fully saturated rings. The highest BCUT2D eigenvalue weighted by molar-refractivity contribution is 5.86. The number of hydrogen-bond acceptors (Lipinski definition) is 5. The number of unbranched alkanes of at least 4 members (excludes halogenated alkanes) is 1. The largest absolute Gasteiger partial charge is 0.464 e. The summed E-state index contributed by atoms with van der Waals surface area (Å²) in [7, 11) is 1.28. The molecule has 1 heterocycles. The first-order chi connectivity index (χ1) is 10.1. The molecule has 0 aliphatic rings. The number of nitrogens with zero attached hydrogens (tertiary/aromatic N) is 2. The minimum atomic E-state index is -0.556. The molecule has 0 saturated carbocycles. The highest BCUT2D eigenvalue weighted by Gasteiger charge is 2.18. The second kappa shape index (κ2) is 8.99. The van der Waals surface area contributed by atoms with E-state index in [1.165, 1.54) is 13.4 Å². The third-order valence-corrected chi connectivity index (χ3v) is 2.86. The van der Waals surface area contributed by atoms with E-state index in [9.17, 15) is 9.59 Å². The summed E-state index contributed by atoms with van der Waals surface area (Å²) in [5.74, 6) is -0.242. The zero-order valence-corrected chi connectivity index (χ0v) is 12.8. The van der Waals surface area contributed by atoms with Gasteiger partial charge in [0.15, 0.2) is 5.69 Å². The lowest BCUT2D eigenvalue weighted by Gasteiger charge is -2.20. The van der Waals surface area contributed by atoms with Gasteiger partial charge >= 0.3 is 12.0 Å². The molecule has 0 bridgehead atoms. The van der Waals surface area contributed by atoms with E-state index in [0.29, 0.717) is 19.0 Å². The fraction of sp³-hybridized carbons (Fsp3) is 0.643. The Labute approximate surface area is 124 Å². The van der Waals surface area contributed by atoms with Gasteiger partial charge in [-0.1, -0.05) is 20.3 Å². The number of carbonyl (C=O) groups excluding carboxylic acids is 2. The second-order valence-electron chi connectivity index (χ2n) is 4.63. The summed E-state index contributed by atoms with van der Waals surface area (Å²) in [6, 6.07) is -0.150. The van der Waals surface area contributed by atoms with Crippen LogP contribution in [0.2, 0.25) is 0 Å². The van der Waals surface area contributed by atoms with Crippen molar-refractivity contribution < 1.29 is 18.7 Å². The van der Waals surface area contributed by atoms with Crippen LogP contribution in [0.25, 0.3) is 0 Å². The van der Waals surface area contributed by atoms with Crippen molar-refractivity contribution in [2.75, 3.05) is 20.2 Å². The summed E-state index contributed by atoms with van der Waals surface area (Å²) in [4.78, 5) is 29.0. The number of carbonyl (C=O) groups is 2. The Morgan fingerprint density at radius 3 is 2.76 bits per heavy atom. The quantitative estimate of drug-likeness (QED) is 0.587. The van der Waals surface area contributed by atoms with E-state index < -0.39 is 5.97 Å². The van der Waals surface area contributed by atoms with Gasteiger partial charge in [0.1, 0.15) is 6.26 Å². The van der Waals surface area contributed by atoms with E-state index >= 15 is 0 Å². The van der Waals surface area contributed by atoms with Gasteiger partial charge in [-0.3, -0.25) is 0 Å². The van der Waals surface area contributed by atoms with Crippen molar-refractivity contribution in [2.45, 2.75) is 39.7 Å². The number of amides is 2. The van der Waals surface area contributed by atoms with Gasteiger partial charge in [-0.15, -0.1) is 0 Å². The normalized spacial score (nSPS) is 10.2. The molecule has 7 heteroatoms. The monoisotopic (exact) mass is 297 g/mol. The maximum Gasteiger partial charge on any atom is 0.360 e. The highest BCUT2D eigenvalue weighted by Crippen LogP contribution is 2.08. The van der Waals surface area contributed by atoms with E-state index in [-0.39, 0.29) is 18.3 Å². The first kappa shape index (κ1) is 17.0. The van der Waals surface area contributed by atoms with Gasteiger partial charge < -0.3 is 19.4 Å². The molecule has 118 valence electrons. The number of aromatic nitrogens is 1. The standard InChI is InChI=1S/C14H23N3O4/c1-4-6-7-15-14(19)17(8-5-2)9-12-16-11(10-21-12)13(18)20-3/h10H,4-9H2,1-3H3,(H,15,19). The molecule has 0 aliphatic heterocycles. The lowest BCUT2D eigenvalue weighted by atomic mass is 10.3. The number of esters is 1. The van der Waals surface area contributed by atoms with Crippen LogP contribution in [0.3, 0.4) is 0 Å². The van der Waals surface area contributed by atoms with Crippen LogP contribution in [0, 0.1) is 0 Å². The third kappa shape index (κ3) is 5.45. The third-order valence-electron chi connectivity index (χ3n) is 2.86. The SMILES string of the molecule is CCCCNC(=O)N(CCC)Cc1nc(C(=O)OC)co1. The van der Waals surface area contributed by atoms with Gasteiger partial charge in [0.05, 0.1) is 13.7 Å². The Balaban J connectivity index is 2.62. The van der Waals surface area contributed by atoms with Gasteiger partial charge in [-0.2, -0.15) is 0 Å². The molecular formula is C14H23N3O4. The van der Waals surface area contributed by atoms with Crippen molar-refractivity contribution in [3.63, 3.8) is 0 Å². The Kier molecular flexibility index (Phi) is 7.28. The van der Waals surface area contributed by atoms with E-state index in [1.807, 2.05) is 6.92 Å². The van der Waals surface area contributed by atoms with Crippen molar-refractivity contribution in [2.24, 2.45) is 0 Å². The number of rotatable bonds is 8. The molecule has 0 atom stereocenters. The Morgan fingerprint density at radius 2 is 2.14 bits per heavy atom. The number of ether oxygens (including phenoxy) is 1. The minimum absolute atomic E-state index is 0.107. The van der Waals surface area contributed by atoms with Crippen LogP contribution in [-0.4, -0.2) is 42.1 Å². The number of methoxy groups -OCH3 is 1. The summed E-state index contributed by atoms with van der Waals surface area (Å²) in [5.41, 5.74) is 0.107. The van der Waals surface area contributed by atoms with Crippen molar-refractivity contribution in [3.8, 4) is 0 Å². The Hall–Kier alpha value is -2.05. The van der Waals surface area contributed by atoms with Gasteiger partial charge in [-0.25, -0.2) is 14.6 Å². The molecule has 7 nitrogen and oxygen atoms in total. The van der Waals surface area contributed by atoms with Gasteiger partial charge in [0.2, 0.25) is 5.89 Å². The first-order valence-corrected chi connectivity index (χ1v) is 7.17. The van der Waals surface area contributed by atoms with Crippen LogP contribution in [0.15, 0.2) is 10.7 Å². The first-order valence-electron chi connectivity index (χ1n) is 7.17. The van der Waals surface area contributed by atoms with Crippen molar-refractivity contribution >= 4 is 12.0 Å². The molecule has 1 aromatic heterocycles. The molecule has 0 spiro atoms. The van der Waals surface area contributed by atoms with Gasteiger partial charge in [0, 0.05) is 13.1 Å². The number of urea groups is 1. The molecule has 0 saturated heterocycles. The molecule has 0 unspecified atom stereocenters. The predicted octanol–water partition coefficient (Wildman–Crippen LogP) is 2.18. The fourth-order valence-corrected chi connectivity index (χ4v) is 1.75. The number of oxazole rings is 1. The molecule has 0 aliphatic carbocycles. The lowest BCUT2D eigenvalue weighted by Crippen LogP contribution is -2.40. The van der Waals surface area contributed by atoms with E-state index in [4.69, 9.17) is 4.42 Å². The molecule has 1 N–H and O–H groups in total. The maximum atomic E-state index is 12.1. The topological polar surface area (TPSA) is 84.7 Å². The minimum Gasteiger partial charge on any atom is -0.464 e. The smallest absolute Gasteiger partial charge is 0.360 e. The average Bonchev–Trinajstić information content (AvgIpc) is 2.94. The summed E-state index contributed by atoms with van der Waals surface area (Å²) < 4.78 is 9.77. The summed E-state index contributed by atoms with van der Waals surface area (Å²) in [5, 5.41) is 2.86. The van der Waals surface area contributed by atoms with Crippen molar-refractivity contribution in [3.05, 3.63) is 17.8 Å².